The van der Waals surface area contributed by atoms with Crippen molar-refractivity contribution in [3.63, 3.8) is 0 Å². The van der Waals surface area contributed by atoms with Gasteiger partial charge in [0.25, 0.3) is 0 Å². The molecule has 0 saturated heterocycles. The summed E-state index contributed by atoms with van der Waals surface area (Å²) in [6.45, 7) is 8.19. The zero-order valence-corrected chi connectivity index (χ0v) is 7.90. The lowest BCUT2D eigenvalue weighted by Gasteiger charge is -2.21. The molecule has 0 aromatic carbocycles. The molecule has 0 N–H and O–H groups in total. The first-order valence-corrected chi connectivity index (χ1v) is 4.92. The molecule has 11 heavy (non-hydrogen) atoms. The second kappa shape index (κ2) is 4.76. The Balaban J connectivity index is 2.16. The summed E-state index contributed by atoms with van der Waals surface area (Å²) in [6.07, 6.45) is 5.68. The summed E-state index contributed by atoms with van der Waals surface area (Å²) >= 11 is 0. The van der Waals surface area contributed by atoms with Gasteiger partial charge in [0.1, 0.15) is 0 Å². The van der Waals surface area contributed by atoms with E-state index in [9.17, 15) is 0 Å². The van der Waals surface area contributed by atoms with Crippen LogP contribution in [-0.4, -0.2) is 24.5 Å². The van der Waals surface area contributed by atoms with Gasteiger partial charge in [0.05, 0.1) is 0 Å². The Hall–Kier alpha value is -0.0400. The lowest BCUT2D eigenvalue weighted by Crippen LogP contribution is -2.27. The Labute approximate surface area is 70.8 Å². The molecule has 1 rings (SSSR count). The van der Waals surface area contributed by atoms with Gasteiger partial charge in [-0.05, 0) is 31.8 Å². The number of rotatable bonds is 4. The van der Waals surface area contributed by atoms with Gasteiger partial charge in [0, 0.05) is 6.54 Å². The molecule has 0 amide bonds. The van der Waals surface area contributed by atoms with Crippen LogP contribution in [0.2, 0.25) is 0 Å². The number of nitrogens with zero attached hydrogens (tertiary/aromatic N) is 1. The second-order valence-electron chi connectivity index (χ2n) is 3.42. The van der Waals surface area contributed by atoms with Gasteiger partial charge in [-0.25, -0.2) is 0 Å². The monoisotopic (exact) mass is 154 g/mol. The van der Waals surface area contributed by atoms with Crippen LogP contribution in [0.5, 0.6) is 0 Å². The van der Waals surface area contributed by atoms with E-state index < -0.39 is 0 Å². The van der Waals surface area contributed by atoms with Crippen LogP contribution in [0.3, 0.4) is 0 Å². The topological polar surface area (TPSA) is 3.24 Å². The smallest absolute Gasteiger partial charge is 0.00435 e. The molecule has 1 fully saturated rings. The van der Waals surface area contributed by atoms with E-state index in [0.717, 1.165) is 0 Å². The number of hydrogen-bond acceptors (Lipinski definition) is 1. The predicted molar refractivity (Wildman–Crippen MR) is 49.5 cm³/mol. The predicted octanol–water partition coefficient (Wildman–Crippen LogP) is 2.48. The van der Waals surface area contributed by atoms with Gasteiger partial charge in [-0.15, -0.1) is 0 Å². The van der Waals surface area contributed by atoms with Crippen LogP contribution in [0.15, 0.2) is 0 Å². The van der Waals surface area contributed by atoms with Crippen LogP contribution in [0.1, 0.15) is 39.5 Å². The molecule has 65 valence electrons. The van der Waals surface area contributed by atoms with E-state index in [1.54, 1.807) is 5.92 Å². The van der Waals surface area contributed by atoms with Gasteiger partial charge in [-0.2, -0.15) is 0 Å². The van der Waals surface area contributed by atoms with Gasteiger partial charge in [0.15, 0.2) is 0 Å². The summed E-state index contributed by atoms with van der Waals surface area (Å²) in [5.41, 5.74) is 0. The molecule has 0 aliphatic heterocycles. The molecule has 0 aromatic rings. The molecule has 0 spiro atoms. The van der Waals surface area contributed by atoms with Crippen molar-refractivity contribution in [2.75, 3.05) is 19.6 Å². The molecular formula is C10H20N. The average molecular weight is 154 g/mol. The first-order chi connectivity index (χ1) is 5.36. The van der Waals surface area contributed by atoms with E-state index in [0.29, 0.717) is 0 Å². The quantitative estimate of drug-likeness (QED) is 0.601. The highest BCUT2D eigenvalue weighted by molar-refractivity contribution is 4.96. The fourth-order valence-electron chi connectivity index (χ4n) is 1.80. The largest absolute Gasteiger partial charge is 0.303 e. The van der Waals surface area contributed by atoms with Crippen molar-refractivity contribution >= 4 is 0 Å². The highest BCUT2D eigenvalue weighted by Crippen LogP contribution is 2.27. The Bertz CT molecular complexity index is 91.0. The lowest BCUT2D eigenvalue weighted by molar-refractivity contribution is 0.310. The highest BCUT2D eigenvalue weighted by Gasteiger charge is 2.17. The van der Waals surface area contributed by atoms with Crippen LogP contribution in [0, 0.1) is 5.92 Å². The van der Waals surface area contributed by atoms with Crippen LogP contribution >= 0.6 is 0 Å². The molecular weight excluding hydrogens is 134 g/mol. The molecule has 1 heteroatoms. The molecule has 0 heterocycles. The van der Waals surface area contributed by atoms with Crippen molar-refractivity contribution in [3.8, 4) is 0 Å². The van der Waals surface area contributed by atoms with Gasteiger partial charge in [-0.1, -0.05) is 26.7 Å². The van der Waals surface area contributed by atoms with Crippen molar-refractivity contribution in [2.45, 2.75) is 39.5 Å². The van der Waals surface area contributed by atoms with Crippen LogP contribution in [0.25, 0.3) is 0 Å². The first kappa shape index (κ1) is 9.05. The Morgan fingerprint density at radius 3 is 2.09 bits per heavy atom. The Morgan fingerprint density at radius 1 is 1.09 bits per heavy atom. The molecule has 1 nitrogen and oxygen atoms in total. The van der Waals surface area contributed by atoms with Crippen LogP contribution in [0.4, 0.5) is 0 Å². The fourth-order valence-corrected chi connectivity index (χ4v) is 1.80. The maximum Gasteiger partial charge on any atom is 0.00435 e. The molecule has 0 bridgehead atoms. The fraction of sp³-hybridized carbons (Fsp3) is 0.900. The van der Waals surface area contributed by atoms with E-state index >= 15 is 0 Å². The zero-order chi connectivity index (χ0) is 8.10. The lowest BCUT2D eigenvalue weighted by atomic mass is 10.1. The van der Waals surface area contributed by atoms with E-state index in [-0.39, 0.29) is 0 Å². The Morgan fingerprint density at radius 2 is 1.64 bits per heavy atom. The van der Waals surface area contributed by atoms with Gasteiger partial charge < -0.3 is 4.90 Å². The third kappa shape index (κ3) is 2.82. The molecule has 1 saturated carbocycles. The SMILES string of the molecule is CCN(CC)C[C]1CCCC1. The van der Waals surface area contributed by atoms with E-state index in [4.69, 9.17) is 0 Å². The summed E-state index contributed by atoms with van der Waals surface area (Å²) in [5, 5.41) is 0. The van der Waals surface area contributed by atoms with Crippen molar-refractivity contribution < 1.29 is 0 Å². The number of hydrogen-bond donors (Lipinski definition) is 0. The van der Waals surface area contributed by atoms with Crippen LogP contribution in [-0.2, 0) is 0 Å². The molecule has 0 atom stereocenters. The molecule has 0 unspecified atom stereocenters. The summed E-state index contributed by atoms with van der Waals surface area (Å²) < 4.78 is 0. The molecule has 1 aliphatic carbocycles. The molecule has 1 aliphatic rings. The Kier molecular flexibility index (Phi) is 3.92. The average Bonchev–Trinajstić information content (AvgIpc) is 2.52. The minimum absolute atomic E-state index is 1.21. The standard InChI is InChI=1S/C10H20N/c1-3-11(4-2)9-10-7-5-6-8-10/h3-9H2,1-2H3. The maximum atomic E-state index is 2.51. The zero-order valence-electron chi connectivity index (χ0n) is 7.90. The van der Waals surface area contributed by atoms with Crippen molar-refractivity contribution in [2.24, 2.45) is 0 Å². The third-order valence-corrected chi connectivity index (χ3v) is 2.65. The summed E-state index contributed by atoms with van der Waals surface area (Å²) in [5.74, 6) is 1.79. The van der Waals surface area contributed by atoms with Crippen molar-refractivity contribution in [3.05, 3.63) is 5.92 Å². The van der Waals surface area contributed by atoms with Crippen molar-refractivity contribution in [1.29, 1.82) is 0 Å². The minimum Gasteiger partial charge on any atom is -0.303 e. The normalized spacial score (nSPS) is 19.9. The van der Waals surface area contributed by atoms with Crippen LogP contribution < -0.4 is 0 Å². The second-order valence-corrected chi connectivity index (χ2v) is 3.42. The van der Waals surface area contributed by atoms with E-state index in [1.165, 1.54) is 45.3 Å². The highest BCUT2D eigenvalue weighted by atomic mass is 15.1. The maximum absolute atomic E-state index is 2.51. The van der Waals surface area contributed by atoms with E-state index in [1.807, 2.05) is 0 Å². The summed E-state index contributed by atoms with van der Waals surface area (Å²) in [7, 11) is 0. The summed E-state index contributed by atoms with van der Waals surface area (Å²) in [6, 6.07) is 0. The van der Waals surface area contributed by atoms with Gasteiger partial charge >= 0.3 is 0 Å². The third-order valence-electron chi connectivity index (χ3n) is 2.65. The van der Waals surface area contributed by atoms with Crippen molar-refractivity contribution in [1.82, 2.24) is 4.90 Å². The minimum atomic E-state index is 1.21. The summed E-state index contributed by atoms with van der Waals surface area (Å²) in [4.78, 5) is 2.51. The molecule has 1 radical (unpaired) electrons. The van der Waals surface area contributed by atoms with E-state index in [2.05, 4.69) is 18.7 Å². The molecule has 0 aromatic heterocycles. The first-order valence-electron chi connectivity index (χ1n) is 4.92. The van der Waals surface area contributed by atoms with Gasteiger partial charge in [0.2, 0.25) is 0 Å². The van der Waals surface area contributed by atoms with Gasteiger partial charge in [-0.3, -0.25) is 0 Å².